The molecule has 0 bridgehead atoms. The number of aromatic nitrogens is 1. The highest BCUT2D eigenvalue weighted by Crippen LogP contribution is 2.31. The second-order valence-electron chi connectivity index (χ2n) is 7.45. The summed E-state index contributed by atoms with van der Waals surface area (Å²) >= 11 is 0. The molecule has 1 N–H and O–H groups in total. The Hall–Kier alpha value is -1.82. The normalized spacial score (nSPS) is 27.7. The molecule has 4 rings (SSSR count). The Morgan fingerprint density at radius 3 is 2.92 bits per heavy atom. The van der Waals surface area contributed by atoms with Gasteiger partial charge in [0.25, 0.3) is 0 Å². The van der Waals surface area contributed by atoms with Gasteiger partial charge < -0.3 is 19.9 Å². The van der Waals surface area contributed by atoms with Crippen LogP contribution in [0.25, 0.3) is 0 Å². The van der Waals surface area contributed by atoms with Crippen molar-refractivity contribution < 1.29 is 4.74 Å². The molecule has 2 aliphatic heterocycles. The zero-order valence-corrected chi connectivity index (χ0v) is 15.1. The van der Waals surface area contributed by atoms with Gasteiger partial charge >= 0.3 is 0 Å². The predicted molar refractivity (Wildman–Crippen MR) is 98.9 cm³/mol. The van der Waals surface area contributed by atoms with E-state index in [-0.39, 0.29) is 6.10 Å². The highest BCUT2D eigenvalue weighted by Gasteiger charge is 2.34. The first-order chi connectivity index (χ1) is 12.3. The molecule has 1 aliphatic carbocycles. The van der Waals surface area contributed by atoms with E-state index < -0.39 is 0 Å². The van der Waals surface area contributed by atoms with Crippen molar-refractivity contribution in [3.8, 4) is 5.88 Å². The van der Waals surface area contributed by atoms with Gasteiger partial charge in [0.05, 0.1) is 6.54 Å². The van der Waals surface area contributed by atoms with E-state index in [1.165, 1.54) is 32.4 Å². The summed E-state index contributed by atoms with van der Waals surface area (Å²) < 4.78 is 5.98. The van der Waals surface area contributed by atoms with Crippen LogP contribution in [0.2, 0.25) is 0 Å². The summed E-state index contributed by atoms with van der Waals surface area (Å²) in [7, 11) is 1.88. The standard InChI is InChI=1S/C19H29N5O/c1-20-19(22-12-15-7-10-23(13-15)16-5-6-16)24-11-8-17(14-24)25-18-4-2-3-9-21-18/h2-4,9,15-17H,5-8,10-14H2,1H3,(H,20,22). The van der Waals surface area contributed by atoms with Gasteiger partial charge in [0, 0.05) is 51.4 Å². The number of guanidine groups is 1. The van der Waals surface area contributed by atoms with Crippen molar-refractivity contribution in [1.82, 2.24) is 20.1 Å². The largest absolute Gasteiger partial charge is 0.472 e. The Morgan fingerprint density at radius 2 is 2.16 bits per heavy atom. The molecular formula is C19H29N5O. The summed E-state index contributed by atoms with van der Waals surface area (Å²) in [5, 5.41) is 3.60. The monoisotopic (exact) mass is 343 g/mol. The number of nitrogens with zero attached hydrogens (tertiary/aromatic N) is 4. The Labute approximate surface area is 150 Å². The van der Waals surface area contributed by atoms with Gasteiger partial charge in [0.15, 0.2) is 5.96 Å². The molecule has 1 aromatic heterocycles. The van der Waals surface area contributed by atoms with Crippen LogP contribution in [0.4, 0.5) is 0 Å². The third-order valence-electron chi connectivity index (χ3n) is 5.51. The number of hydrogen-bond acceptors (Lipinski definition) is 4. The van der Waals surface area contributed by atoms with E-state index in [4.69, 9.17) is 4.74 Å². The molecule has 0 radical (unpaired) electrons. The van der Waals surface area contributed by atoms with Crippen molar-refractivity contribution >= 4 is 5.96 Å². The third kappa shape index (κ3) is 4.24. The average molecular weight is 343 g/mol. The quantitative estimate of drug-likeness (QED) is 0.650. The van der Waals surface area contributed by atoms with E-state index >= 15 is 0 Å². The van der Waals surface area contributed by atoms with Crippen LogP contribution < -0.4 is 10.1 Å². The van der Waals surface area contributed by atoms with Crippen LogP contribution in [0.1, 0.15) is 25.7 Å². The SMILES string of the molecule is CN=C(NCC1CCN(C2CC2)C1)N1CCC(Oc2ccccn2)C1. The number of likely N-dealkylation sites (tertiary alicyclic amines) is 2. The number of nitrogens with one attached hydrogen (secondary N) is 1. The first-order valence-corrected chi connectivity index (χ1v) is 9.59. The number of rotatable bonds is 5. The van der Waals surface area contributed by atoms with E-state index in [2.05, 4.69) is 25.1 Å². The Kier molecular flexibility index (Phi) is 5.06. The lowest BCUT2D eigenvalue weighted by Crippen LogP contribution is -2.43. The summed E-state index contributed by atoms with van der Waals surface area (Å²) in [6.45, 7) is 5.41. The van der Waals surface area contributed by atoms with Gasteiger partial charge in [-0.15, -0.1) is 0 Å². The van der Waals surface area contributed by atoms with Crippen LogP contribution in [0.15, 0.2) is 29.4 Å². The van der Waals surface area contributed by atoms with E-state index in [9.17, 15) is 0 Å². The fourth-order valence-electron chi connectivity index (χ4n) is 3.97. The fourth-order valence-corrected chi connectivity index (χ4v) is 3.97. The van der Waals surface area contributed by atoms with E-state index in [0.29, 0.717) is 5.88 Å². The molecule has 0 aromatic carbocycles. The van der Waals surface area contributed by atoms with Crippen LogP contribution >= 0.6 is 0 Å². The molecule has 3 fully saturated rings. The molecule has 3 heterocycles. The molecule has 136 valence electrons. The van der Waals surface area contributed by atoms with Crippen molar-refractivity contribution in [1.29, 1.82) is 0 Å². The van der Waals surface area contributed by atoms with E-state index in [1.807, 2.05) is 25.2 Å². The van der Waals surface area contributed by atoms with Crippen molar-refractivity contribution in [2.45, 2.75) is 37.8 Å². The summed E-state index contributed by atoms with van der Waals surface area (Å²) in [5.41, 5.74) is 0. The molecule has 2 atom stereocenters. The fraction of sp³-hybridized carbons (Fsp3) is 0.684. The lowest BCUT2D eigenvalue weighted by Gasteiger charge is -2.23. The van der Waals surface area contributed by atoms with Crippen molar-refractivity contribution in [3.05, 3.63) is 24.4 Å². The van der Waals surface area contributed by atoms with Crippen LogP contribution in [0.5, 0.6) is 5.88 Å². The molecule has 3 aliphatic rings. The Bertz CT molecular complexity index is 589. The number of hydrogen-bond donors (Lipinski definition) is 1. The molecule has 6 nitrogen and oxygen atoms in total. The van der Waals surface area contributed by atoms with Crippen LogP contribution in [-0.2, 0) is 0 Å². The molecule has 1 saturated carbocycles. The van der Waals surface area contributed by atoms with E-state index in [0.717, 1.165) is 44.0 Å². The third-order valence-corrected chi connectivity index (χ3v) is 5.51. The number of ether oxygens (including phenoxy) is 1. The summed E-state index contributed by atoms with van der Waals surface area (Å²) in [6, 6.07) is 6.68. The van der Waals surface area contributed by atoms with Gasteiger partial charge in [0.1, 0.15) is 6.10 Å². The maximum absolute atomic E-state index is 5.98. The van der Waals surface area contributed by atoms with Crippen LogP contribution in [-0.4, -0.2) is 72.7 Å². The topological polar surface area (TPSA) is 53.0 Å². The van der Waals surface area contributed by atoms with Gasteiger partial charge in [-0.2, -0.15) is 0 Å². The number of pyridine rings is 1. The predicted octanol–water partition coefficient (Wildman–Crippen LogP) is 1.59. The van der Waals surface area contributed by atoms with Crippen molar-refractivity contribution in [3.63, 3.8) is 0 Å². The molecule has 2 saturated heterocycles. The first-order valence-electron chi connectivity index (χ1n) is 9.59. The average Bonchev–Trinajstić information content (AvgIpc) is 3.21. The van der Waals surface area contributed by atoms with Gasteiger partial charge in [-0.3, -0.25) is 4.99 Å². The summed E-state index contributed by atoms with van der Waals surface area (Å²) in [6.07, 6.45) is 7.10. The minimum atomic E-state index is 0.185. The second-order valence-corrected chi connectivity index (χ2v) is 7.45. The van der Waals surface area contributed by atoms with Gasteiger partial charge in [0.2, 0.25) is 5.88 Å². The lowest BCUT2D eigenvalue weighted by atomic mass is 10.1. The van der Waals surface area contributed by atoms with Gasteiger partial charge in [-0.25, -0.2) is 4.98 Å². The maximum Gasteiger partial charge on any atom is 0.213 e. The molecule has 2 unspecified atom stereocenters. The first kappa shape index (κ1) is 16.6. The van der Waals surface area contributed by atoms with Crippen LogP contribution in [0, 0.1) is 5.92 Å². The van der Waals surface area contributed by atoms with E-state index in [1.54, 1.807) is 6.20 Å². The van der Waals surface area contributed by atoms with Crippen molar-refractivity contribution in [2.75, 3.05) is 39.8 Å². The summed E-state index contributed by atoms with van der Waals surface area (Å²) in [5.74, 6) is 2.47. The zero-order valence-electron chi connectivity index (χ0n) is 15.1. The highest BCUT2D eigenvalue weighted by atomic mass is 16.5. The minimum Gasteiger partial charge on any atom is -0.472 e. The molecule has 1 aromatic rings. The second kappa shape index (κ2) is 7.60. The minimum absolute atomic E-state index is 0.185. The highest BCUT2D eigenvalue weighted by molar-refractivity contribution is 5.80. The van der Waals surface area contributed by atoms with Crippen LogP contribution in [0.3, 0.4) is 0 Å². The number of aliphatic imine (C=N–C) groups is 1. The summed E-state index contributed by atoms with van der Waals surface area (Å²) in [4.78, 5) is 13.7. The molecular weight excluding hydrogens is 314 g/mol. The molecule has 0 spiro atoms. The molecule has 0 amide bonds. The Balaban J connectivity index is 1.23. The molecule has 6 heteroatoms. The maximum atomic E-state index is 5.98. The zero-order chi connectivity index (χ0) is 17.1. The van der Waals surface area contributed by atoms with Gasteiger partial charge in [-0.05, 0) is 37.8 Å². The van der Waals surface area contributed by atoms with Gasteiger partial charge in [-0.1, -0.05) is 6.07 Å². The molecule has 25 heavy (non-hydrogen) atoms. The smallest absolute Gasteiger partial charge is 0.213 e. The Morgan fingerprint density at radius 1 is 1.24 bits per heavy atom. The van der Waals surface area contributed by atoms with Crippen molar-refractivity contribution in [2.24, 2.45) is 10.9 Å². The lowest BCUT2D eigenvalue weighted by molar-refractivity contribution is 0.205.